The number of aryl methyl sites for hydroxylation is 1. The highest BCUT2D eigenvalue weighted by Gasteiger charge is 2.04. The maximum Gasteiger partial charge on any atom is 0.229 e. The second-order valence-electron chi connectivity index (χ2n) is 3.70. The molecule has 0 aliphatic rings. The number of anilines is 1. The predicted octanol–water partition coefficient (Wildman–Crippen LogP) is 2.25. The Morgan fingerprint density at radius 3 is 2.83 bits per heavy atom. The zero-order valence-corrected chi connectivity index (χ0v) is 10.7. The molecule has 0 atom stereocenters. The quantitative estimate of drug-likeness (QED) is 0.898. The molecule has 94 valence electrons. The monoisotopic (exact) mass is 263 g/mol. The Kier molecular flexibility index (Phi) is 4.25. The van der Waals surface area contributed by atoms with E-state index in [1.165, 1.54) is 16.9 Å². The van der Waals surface area contributed by atoms with Crippen LogP contribution in [0.4, 0.5) is 5.13 Å². The number of rotatable bonds is 5. The number of nitrogens with zero attached hydrogens (tertiary/aromatic N) is 2. The fraction of sp³-hybridized carbons (Fsp3) is 0.250. The average molecular weight is 263 g/mol. The first-order valence-electron chi connectivity index (χ1n) is 5.49. The maximum absolute atomic E-state index is 11.5. The molecule has 1 amide bonds. The van der Waals surface area contributed by atoms with Crippen LogP contribution in [0, 0.1) is 6.92 Å². The van der Waals surface area contributed by atoms with E-state index in [1.54, 1.807) is 5.51 Å². The van der Waals surface area contributed by atoms with Crippen molar-refractivity contribution >= 4 is 22.4 Å². The van der Waals surface area contributed by atoms with Gasteiger partial charge in [-0.05, 0) is 19.1 Å². The van der Waals surface area contributed by atoms with E-state index in [1.807, 2.05) is 31.2 Å². The third-order valence-electron chi connectivity index (χ3n) is 2.23. The summed E-state index contributed by atoms with van der Waals surface area (Å²) in [5.74, 6) is 0.642. The summed E-state index contributed by atoms with van der Waals surface area (Å²) in [6.45, 7) is 2.35. The predicted molar refractivity (Wildman–Crippen MR) is 69.8 cm³/mol. The largest absolute Gasteiger partial charge is 0.493 e. The van der Waals surface area contributed by atoms with E-state index in [-0.39, 0.29) is 12.3 Å². The first kappa shape index (κ1) is 12.5. The molecule has 0 bridgehead atoms. The lowest BCUT2D eigenvalue weighted by molar-refractivity contribution is -0.116. The van der Waals surface area contributed by atoms with Crippen molar-refractivity contribution in [3.05, 3.63) is 35.3 Å². The number of hydrogen-bond donors (Lipinski definition) is 1. The lowest BCUT2D eigenvalue weighted by Gasteiger charge is -2.05. The summed E-state index contributed by atoms with van der Waals surface area (Å²) >= 11 is 1.29. The Balaban J connectivity index is 1.72. The summed E-state index contributed by atoms with van der Waals surface area (Å²) in [5, 5.41) is 10.5. The van der Waals surface area contributed by atoms with Gasteiger partial charge in [0.05, 0.1) is 13.0 Å². The number of amides is 1. The van der Waals surface area contributed by atoms with E-state index in [0.29, 0.717) is 11.7 Å². The zero-order valence-electron chi connectivity index (χ0n) is 9.92. The highest BCUT2D eigenvalue weighted by Crippen LogP contribution is 2.12. The Morgan fingerprint density at radius 1 is 1.39 bits per heavy atom. The van der Waals surface area contributed by atoms with E-state index in [4.69, 9.17) is 4.74 Å². The van der Waals surface area contributed by atoms with Crippen molar-refractivity contribution in [2.24, 2.45) is 0 Å². The van der Waals surface area contributed by atoms with Crippen LogP contribution in [0.3, 0.4) is 0 Å². The van der Waals surface area contributed by atoms with Crippen LogP contribution >= 0.6 is 11.3 Å². The fourth-order valence-corrected chi connectivity index (χ4v) is 1.77. The molecule has 18 heavy (non-hydrogen) atoms. The standard InChI is InChI=1S/C12H13N3O2S/c1-9-2-4-10(5-3-9)17-7-6-11(16)14-12-15-13-8-18-12/h2-5,8H,6-7H2,1H3,(H,14,15,16). The van der Waals surface area contributed by atoms with Gasteiger partial charge in [-0.25, -0.2) is 0 Å². The third-order valence-corrected chi connectivity index (χ3v) is 2.83. The van der Waals surface area contributed by atoms with Gasteiger partial charge in [-0.3, -0.25) is 4.79 Å². The molecule has 6 heteroatoms. The van der Waals surface area contributed by atoms with Gasteiger partial charge in [0.15, 0.2) is 0 Å². The first-order chi connectivity index (χ1) is 8.74. The van der Waals surface area contributed by atoms with E-state index in [0.717, 1.165) is 5.75 Å². The average Bonchev–Trinajstić information content (AvgIpc) is 2.84. The molecule has 1 aromatic heterocycles. The lowest BCUT2D eigenvalue weighted by Crippen LogP contribution is -2.15. The van der Waals surface area contributed by atoms with Gasteiger partial charge in [-0.15, -0.1) is 10.2 Å². The molecule has 1 heterocycles. The smallest absolute Gasteiger partial charge is 0.229 e. The Bertz CT molecular complexity index is 497. The molecule has 2 aromatic rings. The van der Waals surface area contributed by atoms with Gasteiger partial charge < -0.3 is 10.1 Å². The maximum atomic E-state index is 11.5. The van der Waals surface area contributed by atoms with E-state index in [2.05, 4.69) is 15.5 Å². The molecule has 1 aromatic carbocycles. The topological polar surface area (TPSA) is 64.1 Å². The minimum absolute atomic E-state index is 0.126. The van der Waals surface area contributed by atoms with Crippen molar-refractivity contribution in [1.82, 2.24) is 10.2 Å². The van der Waals surface area contributed by atoms with Gasteiger partial charge in [0.2, 0.25) is 11.0 Å². The second-order valence-corrected chi connectivity index (χ2v) is 4.54. The van der Waals surface area contributed by atoms with Crippen molar-refractivity contribution in [2.75, 3.05) is 11.9 Å². The summed E-state index contributed by atoms with van der Waals surface area (Å²) in [4.78, 5) is 11.5. The van der Waals surface area contributed by atoms with Crippen LogP contribution in [0.25, 0.3) is 0 Å². The Hall–Kier alpha value is -1.95. The highest BCUT2D eigenvalue weighted by atomic mass is 32.1. The molecule has 2 rings (SSSR count). The van der Waals surface area contributed by atoms with Gasteiger partial charge in [0.25, 0.3) is 0 Å². The molecule has 0 saturated carbocycles. The fourth-order valence-electron chi connectivity index (χ4n) is 1.31. The van der Waals surface area contributed by atoms with Crippen LogP contribution in [-0.4, -0.2) is 22.7 Å². The van der Waals surface area contributed by atoms with Gasteiger partial charge in [0, 0.05) is 0 Å². The number of carbonyl (C=O) groups excluding carboxylic acids is 1. The molecular formula is C12H13N3O2S. The van der Waals surface area contributed by atoms with Crippen LogP contribution in [-0.2, 0) is 4.79 Å². The zero-order chi connectivity index (χ0) is 12.8. The van der Waals surface area contributed by atoms with Gasteiger partial charge in [0.1, 0.15) is 11.3 Å². The van der Waals surface area contributed by atoms with Crippen LogP contribution in [0.1, 0.15) is 12.0 Å². The molecule has 0 spiro atoms. The molecule has 0 fully saturated rings. The van der Waals surface area contributed by atoms with E-state index < -0.39 is 0 Å². The van der Waals surface area contributed by atoms with Crippen LogP contribution in [0.15, 0.2) is 29.8 Å². The van der Waals surface area contributed by atoms with Gasteiger partial charge in [-0.1, -0.05) is 29.0 Å². The third kappa shape index (κ3) is 3.81. The normalized spacial score (nSPS) is 10.1. The first-order valence-corrected chi connectivity index (χ1v) is 6.37. The van der Waals surface area contributed by atoms with E-state index >= 15 is 0 Å². The summed E-state index contributed by atoms with van der Waals surface area (Å²) in [6, 6.07) is 7.71. The molecule has 0 aliphatic carbocycles. The number of carbonyl (C=O) groups is 1. The number of hydrogen-bond acceptors (Lipinski definition) is 5. The molecule has 1 N–H and O–H groups in total. The number of nitrogens with one attached hydrogen (secondary N) is 1. The molecule has 0 unspecified atom stereocenters. The lowest BCUT2D eigenvalue weighted by atomic mass is 10.2. The Morgan fingerprint density at radius 2 is 2.17 bits per heavy atom. The SMILES string of the molecule is Cc1ccc(OCCC(=O)Nc2nncs2)cc1. The van der Waals surface area contributed by atoms with Crippen molar-refractivity contribution in [3.8, 4) is 5.75 Å². The Labute approximate surface area is 109 Å². The summed E-state index contributed by atoms with van der Waals surface area (Å²) in [7, 11) is 0. The molecule has 5 nitrogen and oxygen atoms in total. The van der Waals surface area contributed by atoms with Crippen LogP contribution < -0.4 is 10.1 Å². The van der Waals surface area contributed by atoms with Gasteiger partial charge in [-0.2, -0.15) is 0 Å². The van der Waals surface area contributed by atoms with Crippen LogP contribution in [0.5, 0.6) is 5.75 Å². The summed E-state index contributed by atoms with van der Waals surface area (Å²) in [6.07, 6.45) is 0.285. The summed E-state index contributed by atoms with van der Waals surface area (Å²) in [5.41, 5.74) is 2.75. The molecule has 0 aliphatic heterocycles. The number of aromatic nitrogens is 2. The second kappa shape index (κ2) is 6.11. The molecular weight excluding hydrogens is 250 g/mol. The molecule has 0 radical (unpaired) electrons. The van der Waals surface area contributed by atoms with E-state index in [9.17, 15) is 4.79 Å². The van der Waals surface area contributed by atoms with Crippen molar-refractivity contribution in [3.63, 3.8) is 0 Å². The number of benzene rings is 1. The van der Waals surface area contributed by atoms with Crippen LogP contribution in [0.2, 0.25) is 0 Å². The van der Waals surface area contributed by atoms with Crippen molar-refractivity contribution < 1.29 is 9.53 Å². The highest BCUT2D eigenvalue weighted by molar-refractivity contribution is 7.13. The minimum Gasteiger partial charge on any atom is -0.493 e. The van der Waals surface area contributed by atoms with Gasteiger partial charge >= 0.3 is 0 Å². The molecule has 0 saturated heterocycles. The minimum atomic E-state index is -0.126. The number of ether oxygens (including phenoxy) is 1. The summed E-state index contributed by atoms with van der Waals surface area (Å²) < 4.78 is 5.46. The van der Waals surface area contributed by atoms with Crippen molar-refractivity contribution in [2.45, 2.75) is 13.3 Å². The van der Waals surface area contributed by atoms with Crippen molar-refractivity contribution in [1.29, 1.82) is 0 Å².